The van der Waals surface area contributed by atoms with Crippen molar-refractivity contribution in [3.05, 3.63) is 63.6 Å². The number of carbonyl (C=O) groups is 1. The number of benzene rings is 2. The van der Waals surface area contributed by atoms with E-state index in [2.05, 4.69) is 15.9 Å². The van der Waals surface area contributed by atoms with Gasteiger partial charge in [-0.15, -0.1) is 0 Å². The Kier molecular flexibility index (Phi) is 4.96. The molecular weight excluding hydrogens is 316 g/mol. The Bertz CT molecular complexity index is 603. The van der Waals surface area contributed by atoms with Gasteiger partial charge in [0, 0.05) is 10.9 Å². The van der Waals surface area contributed by atoms with E-state index in [1.165, 1.54) is 5.56 Å². The normalized spacial score (nSPS) is 10.3. The molecule has 0 saturated heterocycles. The zero-order valence-electron chi connectivity index (χ0n) is 11.7. The minimum Gasteiger partial charge on any atom is -0.493 e. The molecule has 0 radical (unpaired) electrons. The van der Waals surface area contributed by atoms with Gasteiger partial charge in [0.2, 0.25) is 0 Å². The Balaban J connectivity index is 2.23. The molecule has 0 aromatic heterocycles. The van der Waals surface area contributed by atoms with E-state index in [9.17, 15) is 4.79 Å². The van der Waals surface area contributed by atoms with Crippen LogP contribution in [0.2, 0.25) is 0 Å². The SMILES string of the molecule is CCOc1ccc(Br)cc1C(=O)Cc1ccc(C)cc1. The van der Waals surface area contributed by atoms with E-state index >= 15 is 0 Å². The fourth-order valence-corrected chi connectivity index (χ4v) is 2.35. The van der Waals surface area contributed by atoms with Gasteiger partial charge in [0.05, 0.1) is 12.2 Å². The van der Waals surface area contributed by atoms with Gasteiger partial charge in [0.25, 0.3) is 0 Å². The molecule has 2 nitrogen and oxygen atoms in total. The zero-order chi connectivity index (χ0) is 14.5. The Hall–Kier alpha value is -1.61. The Labute approximate surface area is 127 Å². The number of aryl methyl sites for hydroxylation is 1. The molecule has 0 aliphatic rings. The summed E-state index contributed by atoms with van der Waals surface area (Å²) in [4.78, 5) is 12.4. The molecule has 2 rings (SSSR count). The Morgan fingerprint density at radius 1 is 1.15 bits per heavy atom. The molecule has 0 bridgehead atoms. The second kappa shape index (κ2) is 6.71. The molecule has 0 saturated carbocycles. The number of halogens is 1. The zero-order valence-corrected chi connectivity index (χ0v) is 13.2. The van der Waals surface area contributed by atoms with E-state index in [0.29, 0.717) is 24.3 Å². The molecule has 0 N–H and O–H groups in total. The fraction of sp³-hybridized carbons (Fsp3) is 0.235. The van der Waals surface area contributed by atoms with Crippen molar-refractivity contribution in [1.29, 1.82) is 0 Å². The van der Waals surface area contributed by atoms with Crippen LogP contribution in [0.1, 0.15) is 28.4 Å². The lowest BCUT2D eigenvalue weighted by atomic mass is 10.0. The maximum atomic E-state index is 12.4. The molecular formula is C17H17BrO2. The van der Waals surface area contributed by atoms with Crippen molar-refractivity contribution >= 4 is 21.7 Å². The predicted octanol–water partition coefficient (Wildman–Crippen LogP) is 4.58. The summed E-state index contributed by atoms with van der Waals surface area (Å²) in [5.41, 5.74) is 2.84. The summed E-state index contributed by atoms with van der Waals surface area (Å²) in [6.07, 6.45) is 0.386. The average molecular weight is 333 g/mol. The van der Waals surface area contributed by atoms with Crippen LogP contribution < -0.4 is 4.74 Å². The Morgan fingerprint density at radius 3 is 2.50 bits per heavy atom. The van der Waals surface area contributed by atoms with Gasteiger partial charge in [-0.05, 0) is 37.6 Å². The van der Waals surface area contributed by atoms with Crippen LogP contribution in [-0.4, -0.2) is 12.4 Å². The molecule has 0 aliphatic carbocycles. The lowest BCUT2D eigenvalue weighted by molar-refractivity contribution is 0.0989. The van der Waals surface area contributed by atoms with E-state index in [-0.39, 0.29) is 5.78 Å². The van der Waals surface area contributed by atoms with Crippen molar-refractivity contribution in [2.24, 2.45) is 0 Å². The van der Waals surface area contributed by atoms with Gasteiger partial charge in [0.15, 0.2) is 5.78 Å². The molecule has 0 fully saturated rings. The van der Waals surface area contributed by atoms with Crippen molar-refractivity contribution in [2.75, 3.05) is 6.61 Å². The minimum absolute atomic E-state index is 0.0682. The van der Waals surface area contributed by atoms with Crippen molar-refractivity contribution < 1.29 is 9.53 Å². The highest BCUT2D eigenvalue weighted by atomic mass is 79.9. The second-order valence-electron chi connectivity index (χ2n) is 4.66. The fourth-order valence-electron chi connectivity index (χ4n) is 1.99. The number of hydrogen-bond acceptors (Lipinski definition) is 2. The molecule has 2 aromatic carbocycles. The summed E-state index contributed by atoms with van der Waals surface area (Å²) in [7, 11) is 0. The van der Waals surface area contributed by atoms with Crippen molar-refractivity contribution in [2.45, 2.75) is 20.3 Å². The molecule has 0 aliphatic heterocycles. The van der Waals surface area contributed by atoms with Crippen molar-refractivity contribution in [1.82, 2.24) is 0 Å². The average Bonchev–Trinajstić information content (AvgIpc) is 2.43. The van der Waals surface area contributed by atoms with Gasteiger partial charge >= 0.3 is 0 Å². The van der Waals surface area contributed by atoms with E-state index in [1.807, 2.05) is 56.3 Å². The second-order valence-corrected chi connectivity index (χ2v) is 5.57. The summed E-state index contributed by atoms with van der Waals surface area (Å²) >= 11 is 3.40. The van der Waals surface area contributed by atoms with Crippen LogP contribution in [0.15, 0.2) is 46.9 Å². The van der Waals surface area contributed by atoms with Crippen LogP contribution in [0.25, 0.3) is 0 Å². The molecule has 0 spiro atoms. The Morgan fingerprint density at radius 2 is 1.85 bits per heavy atom. The van der Waals surface area contributed by atoms with Gasteiger partial charge in [-0.3, -0.25) is 4.79 Å². The van der Waals surface area contributed by atoms with Gasteiger partial charge in [-0.25, -0.2) is 0 Å². The van der Waals surface area contributed by atoms with Crippen LogP contribution >= 0.6 is 15.9 Å². The van der Waals surface area contributed by atoms with E-state index in [0.717, 1.165) is 10.0 Å². The third-order valence-corrected chi connectivity index (χ3v) is 3.52. The molecule has 20 heavy (non-hydrogen) atoms. The molecule has 0 amide bonds. The van der Waals surface area contributed by atoms with Crippen LogP contribution in [0.5, 0.6) is 5.75 Å². The summed E-state index contributed by atoms with van der Waals surface area (Å²) in [6.45, 7) is 4.50. The molecule has 3 heteroatoms. The maximum Gasteiger partial charge on any atom is 0.170 e. The van der Waals surface area contributed by atoms with E-state index in [4.69, 9.17) is 4.74 Å². The summed E-state index contributed by atoms with van der Waals surface area (Å²) in [5.74, 6) is 0.714. The number of hydrogen-bond donors (Lipinski definition) is 0. The van der Waals surface area contributed by atoms with Crippen molar-refractivity contribution in [3.63, 3.8) is 0 Å². The van der Waals surface area contributed by atoms with Gasteiger partial charge < -0.3 is 4.74 Å². The molecule has 104 valence electrons. The van der Waals surface area contributed by atoms with E-state index in [1.54, 1.807) is 0 Å². The van der Waals surface area contributed by atoms with Crippen LogP contribution in [0, 0.1) is 6.92 Å². The number of ether oxygens (including phenoxy) is 1. The number of carbonyl (C=O) groups excluding carboxylic acids is 1. The maximum absolute atomic E-state index is 12.4. The lowest BCUT2D eigenvalue weighted by Crippen LogP contribution is -2.07. The standard InChI is InChI=1S/C17H17BrO2/c1-3-20-17-9-8-14(18)11-15(17)16(19)10-13-6-4-12(2)5-7-13/h4-9,11H,3,10H2,1-2H3. The first-order valence-electron chi connectivity index (χ1n) is 6.61. The topological polar surface area (TPSA) is 26.3 Å². The highest BCUT2D eigenvalue weighted by molar-refractivity contribution is 9.10. The van der Waals surface area contributed by atoms with Crippen LogP contribution in [0.4, 0.5) is 0 Å². The first-order chi connectivity index (χ1) is 9.60. The monoisotopic (exact) mass is 332 g/mol. The molecule has 2 aromatic rings. The smallest absolute Gasteiger partial charge is 0.170 e. The van der Waals surface area contributed by atoms with Crippen LogP contribution in [0.3, 0.4) is 0 Å². The first-order valence-corrected chi connectivity index (χ1v) is 7.40. The quantitative estimate of drug-likeness (QED) is 0.749. The molecule has 0 atom stereocenters. The highest BCUT2D eigenvalue weighted by Crippen LogP contribution is 2.25. The van der Waals surface area contributed by atoms with E-state index < -0.39 is 0 Å². The van der Waals surface area contributed by atoms with Gasteiger partial charge in [0.1, 0.15) is 5.75 Å². The largest absolute Gasteiger partial charge is 0.493 e. The minimum atomic E-state index is 0.0682. The molecule has 0 unspecified atom stereocenters. The number of Topliss-reactive ketones (excluding diaryl/α,β-unsaturated/α-hetero) is 1. The van der Waals surface area contributed by atoms with Gasteiger partial charge in [-0.2, -0.15) is 0 Å². The van der Waals surface area contributed by atoms with Crippen molar-refractivity contribution in [3.8, 4) is 5.75 Å². The summed E-state index contributed by atoms with van der Waals surface area (Å²) in [5, 5.41) is 0. The number of rotatable bonds is 5. The number of ketones is 1. The van der Waals surface area contributed by atoms with Crippen LogP contribution in [-0.2, 0) is 6.42 Å². The van der Waals surface area contributed by atoms with Gasteiger partial charge in [-0.1, -0.05) is 45.8 Å². The third-order valence-electron chi connectivity index (χ3n) is 3.03. The summed E-state index contributed by atoms with van der Waals surface area (Å²) < 4.78 is 6.41. The third kappa shape index (κ3) is 3.70. The summed E-state index contributed by atoms with van der Waals surface area (Å²) in [6, 6.07) is 13.6. The first kappa shape index (κ1) is 14.8. The highest BCUT2D eigenvalue weighted by Gasteiger charge is 2.13. The predicted molar refractivity (Wildman–Crippen MR) is 84.5 cm³/mol. The molecule has 0 heterocycles. The lowest BCUT2D eigenvalue weighted by Gasteiger charge is -2.10.